The van der Waals surface area contributed by atoms with E-state index in [1.807, 2.05) is 97.1 Å². The molecule has 670 valence electrons. The zero-order chi connectivity index (χ0) is 91.3. The van der Waals surface area contributed by atoms with E-state index in [9.17, 15) is 65.5 Å². The Labute approximate surface area is 750 Å². The Hall–Kier alpha value is -13.4. The monoisotopic (exact) mass is 1760 g/mol. The molecule has 0 spiro atoms. The molecule has 10 aromatic rings. The topological polar surface area (TPSA) is 310 Å². The van der Waals surface area contributed by atoms with Crippen LogP contribution in [-0.2, 0) is 24.0 Å². The number of H-pyrrole nitrogens is 5. The molecule has 24 heteroatoms. The van der Waals surface area contributed by atoms with Crippen LogP contribution in [0.15, 0.2) is 206 Å². The normalized spacial score (nSPS) is 20.3. The Morgan fingerprint density at radius 1 is 0.231 bits per heavy atom. The van der Waals surface area contributed by atoms with Crippen molar-refractivity contribution in [3.8, 4) is 0 Å². The van der Waals surface area contributed by atoms with E-state index in [-0.39, 0.29) is 111 Å². The molecule has 5 aliphatic heterocycles. The van der Waals surface area contributed by atoms with E-state index < -0.39 is 0 Å². The molecular weight excluding hydrogens is 1650 g/mol. The quantitative estimate of drug-likeness (QED) is 0.0322. The van der Waals surface area contributed by atoms with Gasteiger partial charge in [-0.15, -0.1) is 0 Å². The van der Waals surface area contributed by atoms with Gasteiger partial charge in [0.1, 0.15) is 23.3 Å². The minimum Gasteiger partial charge on any atom is -0.350 e. The summed E-state index contributed by atoms with van der Waals surface area (Å²) in [6, 6.07) is 44.9. The van der Waals surface area contributed by atoms with Crippen LogP contribution >= 0.6 is 0 Å². The molecule has 5 saturated heterocycles. The molecule has 10 heterocycles. The molecule has 10 aliphatic rings. The zero-order valence-corrected chi connectivity index (χ0v) is 73.8. The van der Waals surface area contributed by atoms with Crippen LogP contribution in [0.25, 0.3) is 27.9 Å². The summed E-state index contributed by atoms with van der Waals surface area (Å²) in [7, 11) is 0. The maximum absolute atomic E-state index is 14.1. The van der Waals surface area contributed by atoms with Crippen LogP contribution < -0.4 is 54.4 Å². The third-order valence-electron chi connectivity index (χ3n) is 25.9. The highest BCUT2D eigenvalue weighted by Gasteiger charge is 2.34. The largest absolute Gasteiger partial charge is 0.350 e. The number of hydrogen-bond donors (Lipinski definition) is 10. The number of pyridine rings is 5. The average molecular weight is 1760 g/mol. The maximum Gasteiger partial charge on any atom is 0.251 e. The highest BCUT2D eigenvalue weighted by atomic mass is 19.1. The fourth-order valence-electron chi connectivity index (χ4n) is 17.4. The van der Waals surface area contributed by atoms with Crippen molar-refractivity contribution < 1.29 is 41.5 Å². The Bertz CT molecular complexity index is 5690. The van der Waals surface area contributed by atoms with Gasteiger partial charge < -0.3 is 51.5 Å². The highest BCUT2D eigenvalue weighted by molar-refractivity contribution is 5.87. The molecule has 20 nitrogen and oxygen atoms in total. The average Bonchev–Trinajstić information content (AvgIpc) is 1.75. The van der Waals surface area contributed by atoms with Crippen molar-refractivity contribution in [3.05, 3.63) is 375 Å². The number of hydrogen-bond acceptors (Lipinski definition) is 10. The van der Waals surface area contributed by atoms with Crippen molar-refractivity contribution in [2.75, 3.05) is 0 Å². The van der Waals surface area contributed by atoms with Gasteiger partial charge in [-0.05, 0) is 295 Å². The third-order valence-corrected chi connectivity index (χ3v) is 25.9. The lowest BCUT2D eigenvalue weighted by Crippen LogP contribution is -2.23. The molecule has 5 amide bonds. The minimum atomic E-state index is -0.291. The molecule has 130 heavy (non-hydrogen) atoms. The molecule has 5 saturated carbocycles. The first-order valence-electron chi connectivity index (χ1n) is 45.4. The fraction of sp³-hybridized carbons (Fsp3) is 0.340. The van der Waals surface area contributed by atoms with Gasteiger partial charge in [-0.3, -0.25) is 47.9 Å². The van der Waals surface area contributed by atoms with Crippen molar-refractivity contribution >= 4 is 57.4 Å². The molecule has 0 unspecified atom stereocenters. The number of carbonyl (C=O) groups excluding carboxylic acids is 5. The number of aryl methyl sites for hydroxylation is 6. The van der Waals surface area contributed by atoms with Crippen molar-refractivity contribution in [2.45, 2.75) is 230 Å². The smallest absolute Gasteiger partial charge is 0.251 e. The molecule has 10 fully saturated rings. The first kappa shape index (κ1) is 90.0. The van der Waals surface area contributed by atoms with Crippen LogP contribution in [0.4, 0.5) is 17.6 Å². The molecule has 0 radical (unpaired) electrons. The lowest BCUT2D eigenvalue weighted by Gasteiger charge is -2.14. The van der Waals surface area contributed by atoms with Gasteiger partial charge in [-0.2, -0.15) is 0 Å². The number of nitrogens with one attached hydrogen (secondary N) is 10. The van der Waals surface area contributed by atoms with Gasteiger partial charge in [0, 0.05) is 146 Å². The second-order valence-electron chi connectivity index (χ2n) is 36.3. The zero-order valence-electron chi connectivity index (χ0n) is 73.8. The Morgan fingerprint density at radius 3 is 0.623 bits per heavy atom. The van der Waals surface area contributed by atoms with Crippen molar-refractivity contribution in [2.24, 2.45) is 0 Å². The summed E-state index contributed by atoms with van der Waals surface area (Å²) in [5, 5.41) is 14.6. The number of rotatable bonds is 20. The van der Waals surface area contributed by atoms with Crippen LogP contribution in [-0.4, -0.2) is 84.7 Å². The lowest BCUT2D eigenvalue weighted by molar-refractivity contribution is -0.120. The van der Waals surface area contributed by atoms with Crippen LogP contribution in [0, 0.1) is 64.8 Å². The van der Waals surface area contributed by atoms with E-state index in [0.29, 0.717) is 144 Å². The van der Waals surface area contributed by atoms with Gasteiger partial charge in [0.2, 0.25) is 29.5 Å². The number of amides is 5. The summed E-state index contributed by atoms with van der Waals surface area (Å²) in [6.07, 6.45) is 26.6. The number of aromatic amines is 5. The summed E-state index contributed by atoms with van der Waals surface area (Å²) >= 11 is 0. The van der Waals surface area contributed by atoms with E-state index in [2.05, 4.69) is 89.6 Å². The summed E-state index contributed by atoms with van der Waals surface area (Å²) < 4.78 is 55.6. The molecule has 20 rings (SSSR count). The predicted octanol–water partition coefficient (Wildman–Crippen LogP) is 17.2. The molecule has 0 bridgehead atoms. The van der Waals surface area contributed by atoms with E-state index in [1.165, 1.54) is 35.4 Å². The lowest BCUT2D eigenvalue weighted by atomic mass is 9.95. The van der Waals surface area contributed by atoms with Crippen molar-refractivity contribution in [3.63, 3.8) is 0 Å². The SMILES string of the molecule is Cc1cc(/C(=C\[C@H]2CCC(=O)N2)c2ccc(C3CC3)c(=O)[nH]2)ccc1F.Cc1cc(/C(=C\[C@H]2CCC(=O)N2)c2ccc(C3CC3)c(=O)[nH]2)ccc1F.Cc1ccc(/C(=C\[C@H]2CCC(=O)N2)c2ccc(C3CC3)c(=O)[nH]2)cc1C.Cc1ccc(/C(=C\[C@H]2CCC(=O)N2)c2ccc(C3CC3)c(=O)[nH]2)cc1F.Cc1ccc(/C(=C\[C@H]2CCC(=O)N2)c2ccc(C3CC3)c(=O)[nH]2)cc1F. The van der Waals surface area contributed by atoms with Gasteiger partial charge >= 0.3 is 0 Å². The third kappa shape index (κ3) is 22.5. The number of aromatic nitrogens is 5. The van der Waals surface area contributed by atoms with Gasteiger partial charge in [0.15, 0.2) is 0 Å². The standard InChI is InChI=1S/C22H24N2O2.4C21H21FN2O2/c1-13-3-4-16(11-14(13)2)19(12-17-7-10-21(25)23-17)20-9-8-18(15-5-6-15)22(26)24-20;2*1-12-10-14(4-7-18(12)22)17(11-15-5-9-20(25)23-15)19-8-6-16(13-2-3-13)21(26)24-19;2*1-12-2-3-14(10-18(12)22)17(11-15-6-9-20(25)23-15)19-8-7-16(13-4-5-13)21(26)24-19/h3-4,8-9,11-12,15,17H,5-7,10H2,1-2H3,(H,23,25)(H,24,26);2*4,6-8,10-11,13,15H,2-3,5,9H2,1H3,(H,23,25)(H,24,26);2*2-3,7-8,10-11,13,15H,4-6,9H2,1H3,(H,23,25)(H,24,26)/b19-12+;4*17-11+/t17-;4*15-/m11111/s1. The molecule has 5 aromatic carbocycles. The van der Waals surface area contributed by atoms with E-state index in [4.69, 9.17) is 0 Å². The van der Waals surface area contributed by atoms with Gasteiger partial charge in [-0.25, -0.2) is 17.6 Å². The summed E-state index contributed by atoms with van der Waals surface area (Å²) in [4.78, 5) is 135. The van der Waals surface area contributed by atoms with E-state index >= 15 is 0 Å². The fourth-order valence-corrected chi connectivity index (χ4v) is 17.4. The molecule has 10 N–H and O–H groups in total. The Balaban J connectivity index is 0.000000119. The Morgan fingerprint density at radius 2 is 0.438 bits per heavy atom. The van der Waals surface area contributed by atoms with E-state index in [0.717, 1.165) is 149 Å². The van der Waals surface area contributed by atoms with Crippen molar-refractivity contribution in [1.29, 1.82) is 0 Å². The number of halogens is 4. The second-order valence-corrected chi connectivity index (χ2v) is 36.3. The van der Waals surface area contributed by atoms with E-state index in [1.54, 1.807) is 64.1 Å². The van der Waals surface area contributed by atoms with Crippen LogP contribution in [0.5, 0.6) is 0 Å². The molecule has 5 atom stereocenters. The van der Waals surface area contributed by atoms with Crippen molar-refractivity contribution in [1.82, 2.24) is 51.5 Å². The van der Waals surface area contributed by atoms with Gasteiger partial charge in [-0.1, -0.05) is 115 Å². The van der Waals surface area contributed by atoms with Gasteiger partial charge in [0.05, 0.1) is 0 Å². The summed E-state index contributed by atoms with van der Waals surface area (Å²) in [5.41, 5.74) is 20.1. The molecular formula is C106H108F4N10O10. The first-order chi connectivity index (χ1) is 62.5. The Kier molecular flexibility index (Phi) is 27.2. The highest BCUT2D eigenvalue weighted by Crippen LogP contribution is 2.43. The predicted molar refractivity (Wildman–Crippen MR) is 497 cm³/mol. The number of carbonyl (C=O) groups is 5. The maximum atomic E-state index is 14.1. The molecule has 5 aromatic heterocycles. The second kappa shape index (κ2) is 39.3. The minimum absolute atomic E-state index is 0.00530. The molecule has 5 aliphatic carbocycles. The number of benzene rings is 5. The summed E-state index contributed by atoms with van der Waals surface area (Å²) in [6.45, 7) is 11.0. The summed E-state index contributed by atoms with van der Waals surface area (Å²) in [5.74, 6) is 0.969. The van der Waals surface area contributed by atoms with Crippen LogP contribution in [0.3, 0.4) is 0 Å². The first-order valence-corrected chi connectivity index (χ1v) is 45.4. The van der Waals surface area contributed by atoms with Gasteiger partial charge in [0.25, 0.3) is 27.8 Å². The van der Waals surface area contributed by atoms with Crippen LogP contribution in [0.2, 0.25) is 0 Å². The van der Waals surface area contributed by atoms with Crippen LogP contribution in [0.1, 0.15) is 275 Å².